The molecule has 0 unspecified atom stereocenters. The number of hydrogen-bond donors (Lipinski definition) is 0. The van der Waals surface area contributed by atoms with Crippen LogP contribution in [0.2, 0.25) is 0 Å². The predicted molar refractivity (Wildman–Crippen MR) is 121 cm³/mol. The van der Waals surface area contributed by atoms with Crippen molar-refractivity contribution in [1.29, 1.82) is 0 Å². The van der Waals surface area contributed by atoms with Crippen LogP contribution in [0.3, 0.4) is 0 Å². The molecule has 1 aromatic heterocycles. The highest BCUT2D eigenvalue weighted by Gasteiger charge is 2.18. The van der Waals surface area contributed by atoms with Crippen molar-refractivity contribution in [3.8, 4) is 22.8 Å². The van der Waals surface area contributed by atoms with Crippen LogP contribution >= 0.6 is 0 Å². The first-order valence-electron chi connectivity index (χ1n) is 10.1. The lowest BCUT2D eigenvalue weighted by Crippen LogP contribution is -2.10. The third-order valence-corrected chi connectivity index (χ3v) is 5.20. The zero-order valence-electron chi connectivity index (χ0n) is 17.7. The highest BCUT2D eigenvalue weighted by molar-refractivity contribution is 5.82. The standard InChI is InChI=1S/C25H21NO6/c1-3-16-6-13-22-21(14-16)23(27)25(24(32-22)18-7-11-20(30-2)12-8-18)31-15-17-4-9-19(10-5-17)26(28)29/h4-14H,3,15H2,1-2H3. The van der Waals surface area contributed by atoms with Gasteiger partial charge in [-0.2, -0.15) is 0 Å². The van der Waals surface area contributed by atoms with E-state index >= 15 is 0 Å². The van der Waals surface area contributed by atoms with E-state index in [0.29, 0.717) is 33.6 Å². The van der Waals surface area contributed by atoms with Gasteiger partial charge in [-0.15, -0.1) is 0 Å². The smallest absolute Gasteiger partial charge is 0.269 e. The molecule has 0 atom stereocenters. The summed E-state index contributed by atoms with van der Waals surface area (Å²) in [6.45, 7) is 2.07. The third-order valence-electron chi connectivity index (χ3n) is 5.20. The summed E-state index contributed by atoms with van der Waals surface area (Å²) in [5, 5.41) is 11.3. The Bertz CT molecular complexity index is 1320. The molecule has 0 spiro atoms. The lowest BCUT2D eigenvalue weighted by atomic mass is 10.1. The van der Waals surface area contributed by atoms with E-state index in [1.54, 1.807) is 49.6 Å². The minimum Gasteiger partial charge on any atom is -0.497 e. The average Bonchev–Trinajstić information content (AvgIpc) is 2.83. The molecule has 0 radical (unpaired) electrons. The van der Waals surface area contributed by atoms with Crippen LogP contribution in [0.5, 0.6) is 11.5 Å². The van der Waals surface area contributed by atoms with Gasteiger partial charge in [-0.3, -0.25) is 14.9 Å². The van der Waals surface area contributed by atoms with E-state index in [-0.39, 0.29) is 23.5 Å². The van der Waals surface area contributed by atoms with Gasteiger partial charge in [0.15, 0.2) is 5.76 Å². The first-order valence-corrected chi connectivity index (χ1v) is 10.1. The van der Waals surface area contributed by atoms with E-state index < -0.39 is 4.92 Å². The van der Waals surface area contributed by atoms with Gasteiger partial charge in [-0.05, 0) is 66.1 Å². The number of aryl methyl sites for hydroxylation is 1. The van der Waals surface area contributed by atoms with Crippen molar-refractivity contribution in [2.24, 2.45) is 0 Å². The summed E-state index contributed by atoms with van der Waals surface area (Å²) in [5.74, 6) is 1.09. The van der Waals surface area contributed by atoms with Crippen molar-refractivity contribution in [3.05, 3.63) is 98.2 Å². The molecule has 0 N–H and O–H groups in total. The second-order valence-electron chi connectivity index (χ2n) is 7.21. The number of ether oxygens (including phenoxy) is 2. The second kappa shape index (κ2) is 8.93. The Balaban J connectivity index is 1.78. The topological polar surface area (TPSA) is 91.8 Å². The van der Waals surface area contributed by atoms with Crippen molar-refractivity contribution in [3.63, 3.8) is 0 Å². The van der Waals surface area contributed by atoms with Crippen molar-refractivity contribution >= 4 is 16.7 Å². The fourth-order valence-electron chi connectivity index (χ4n) is 3.38. The van der Waals surface area contributed by atoms with Gasteiger partial charge < -0.3 is 13.9 Å². The van der Waals surface area contributed by atoms with Crippen LogP contribution in [0.25, 0.3) is 22.3 Å². The molecular formula is C25H21NO6. The quantitative estimate of drug-likeness (QED) is 0.283. The highest BCUT2D eigenvalue weighted by Crippen LogP contribution is 2.33. The van der Waals surface area contributed by atoms with Crippen LogP contribution in [-0.4, -0.2) is 12.0 Å². The third kappa shape index (κ3) is 4.18. The van der Waals surface area contributed by atoms with E-state index in [2.05, 4.69) is 0 Å². The Kier molecular flexibility index (Phi) is 5.89. The molecule has 0 amide bonds. The number of methoxy groups -OCH3 is 1. The minimum absolute atomic E-state index is 0.00927. The minimum atomic E-state index is -0.463. The summed E-state index contributed by atoms with van der Waals surface area (Å²) >= 11 is 0. The maximum Gasteiger partial charge on any atom is 0.269 e. The summed E-state index contributed by atoms with van der Waals surface area (Å²) in [6, 6.07) is 18.7. The lowest BCUT2D eigenvalue weighted by molar-refractivity contribution is -0.384. The Morgan fingerprint density at radius 3 is 2.28 bits per heavy atom. The Morgan fingerprint density at radius 2 is 1.66 bits per heavy atom. The first-order chi connectivity index (χ1) is 15.5. The monoisotopic (exact) mass is 431 g/mol. The van der Waals surface area contributed by atoms with Crippen LogP contribution in [0.15, 0.2) is 75.9 Å². The van der Waals surface area contributed by atoms with Crippen LogP contribution < -0.4 is 14.9 Å². The van der Waals surface area contributed by atoms with Crippen LogP contribution in [0.4, 0.5) is 5.69 Å². The van der Waals surface area contributed by atoms with Gasteiger partial charge in [0, 0.05) is 17.7 Å². The summed E-state index contributed by atoms with van der Waals surface area (Å²) in [4.78, 5) is 23.8. The van der Waals surface area contributed by atoms with Crippen molar-refractivity contribution in [2.75, 3.05) is 7.11 Å². The van der Waals surface area contributed by atoms with Crippen molar-refractivity contribution in [1.82, 2.24) is 0 Å². The second-order valence-corrected chi connectivity index (χ2v) is 7.21. The molecular weight excluding hydrogens is 410 g/mol. The van der Waals surface area contributed by atoms with E-state index in [4.69, 9.17) is 13.9 Å². The maximum atomic E-state index is 13.4. The Morgan fingerprint density at radius 1 is 0.969 bits per heavy atom. The number of nitrogens with zero attached hydrogens (tertiary/aromatic N) is 1. The summed E-state index contributed by atoms with van der Waals surface area (Å²) in [7, 11) is 1.58. The molecule has 0 fully saturated rings. The van der Waals surface area contributed by atoms with E-state index in [9.17, 15) is 14.9 Å². The normalized spacial score (nSPS) is 10.8. The number of benzene rings is 3. The number of rotatable bonds is 7. The molecule has 3 aromatic carbocycles. The van der Waals surface area contributed by atoms with Crippen LogP contribution in [0, 0.1) is 10.1 Å². The van der Waals surface area contributed by atoms with E-state index in [1.165, 1.54) is 12.1 Å². The van der Waals surface area contributed by atoms with Gasteiger partial charge in [0.2, 0.25) is 11.2 Å². The number of fused-ring (bicyclic) bond motifs is 1. The molecule has 1 heterocycles. The SMILES string of the molecule is CCc1ccc2oc(-c3ccc(OC)cc3)c(OCc3ccc([N+](=O)[O-])cc3)c(=O)c2c1. The molecule has 0 saturated carbocycles. The average molecular weight is 431 g/mol. The van der Waals surface area contributed by atoms with Gasteiger partial charge in [0.1, 0.15) is 17.9 Å². The largest absolute Gasteiger partial charge is 0.497 e. The van der Waals surface area contributed by atoms with Gasteiger partial charge in [0.25, 0.3) is 5.69 Å². The zero-order chi connectivity index (χ0) is 22.7. The maximum absolute atomic E-state index is 13.4. The van der Waals surface area contributed by atoms with Gasteiger partial charge in [-0.1, -0.05) is 13.0 Å². The Hall–Kier alpha value is -4.13. The molecule has 0 bridgehead atoms. The van der Waals surface area contributed by atoms with Crippen molar-refractivity contribution in [2.45, 2.75) is 20.0 Å². The molecule has 0 saturated heterocycles. The van der Waals surface area contributed by atoms with Gasteiger partial charge in [0.05, 0.1) is 17.4 Å². The Labute approximate surface area is 184 Å². The zero-order valence-corrected chi connectivity index (χ0v) is 17.7. The fraction of sp³-hybridized carbons (Fsp3) is 0.160. The molecule has 0 aliphatic carbocycles. The van der Waals surface area contributed by atoms with Gasteiger partial charge >= 0.3 is 0 Å². The molecule has 32 heavy (non-hydrogen) atoms. The van der Waals surface area contributed by atoms with E-state index in [0.717, 1.165) is 12.0 Å². The van der Waals surface area contributed by atoms with Crippen LogP contribution in [-0.2, 0) is 13.0 Å². The molecule has 0 aliphatic heterocycles. The van der Waals surface area contributed by atoms with Crippen molar-refractivity contribution < 1.29 is 18.8 Å². The van der Waals surface area contributed by atoms with Crippen LogP contribution in [0.1, 0.15) is 18.1 Å². The molecule has 162 valence electrons. The summed E-state index contributed by atoms with van der Waals surface area (Å²) in [5.41, 5.74) is 2.57. The number of non-ortho nitro benzene ring substituents is 1. The predicted octanol–water partition coefficient (Wildman–Crippen LogP) is 5.52. The number of nitro groups is 1. The molecule has 0 aliphatic rings. The lowest BCUT2D eigenvalue weighted by Gasteiger charge is -2.13. The summed E-state index contributed by atoms with van der Waals surface area (Å²) in [6.07, 6.45) is 0.786. The fourth-order valence-corrected chi connectivity index (χ4v) is 3.38. The molecule has 7 nitrogen and oxygen atoms in total. The first kappa shape index (κ1) is 21.1. The molecule has 4 rings (SSSR count). The highest BCUT2D eigenvalue weighted by atomic mass is 16.6. The number of hydrogen-bond acceptors (Lipinski definition) is 6. The molecule has 4 aromatic rings. The van der Waals surface area contributed by atoms with Gasteiger partial charge in [-0.25, -0.2) is 0 Å². The number of nitro benzene ring substituents is 1. The molecule has 7 heteroatoms. The van der Waals surface area contributed by atoms with E-state index in [1.807, 2.05) is 19.1 Å². The summed E-state index contributed by atoms with van der Waals surface area (Å²) < 4.78 is 17.3.